The average Bonchev–Trinajstić information content (AvgIpc) is 3.72. The van der Waals surface area contributed by atoms with Crippen molar-refractivity contribution < 1.29 is 34.8 Å². The van der Waals surface area contributed by atoms with Gasteiger partial charge in [0.15, 0.2) is 11.4 Å². The van der Waals surface area contributed by atoms with Crippen molar-refractivity contribution in [3.05, 3.63) is 44.7 Å². The summed E-state index contributed by atoms with van der Waals surface area (Å²) >= 11 is 6.91. The smallest absolute Gasteiger partial charge is 0.255 e. The zero-order valence-corrected chi connectivity index (χ0v) is 23.8. The third-order valence-corrected chi connectivity index (χ3v) is 9.86. The van der Waals surface area contributed by atoms with Crippen LogP contribution in [0.3, 0.4) is 0 Å². The number of amides is 1. The SMILES string of the molecule is CCN(Cc1cc(O)c2c(c1Cl)C[C@H]1C[C@H]3[C@H](N(C)C)C(=O)C(C(N)=O)=C(O)[C@@]3(O)C(=O)C1=C2O)[C@H](C)C1CC1. The van der Waals surface area contributed by atoms with Gasteiger partial charge in [0.05, 0.1) is 11.6 Å². The molecule has 0 saturated heterocycles. The van der Waals surface area contributed by atoms with Crippen molar-refractivity contribution in [1.82, 2.24) is 9.80 Å². The Bertz CT molecular complexity index is 1380. The first-order chi connectivity index (χ1) is 18.7. The van der Waals surface area contributed by atoms with E-state index >= 15 is 0 Å². The molecule has 1 amide bonds. The first-order valence-electron chi connectivity index (χ1n) is 13.7. The van der Waals surface area contributed by atoms with E-state index in [9.17, 15) is 34.8 Å². The summed E-state index contributed by atoms with van der Waals surface area (Å²) in [6.07, 6.45) is 2.56. The van der Waals surface area contributed by atoms with Crippen LogP contribution in [0.5, 0.6) is 5.75 Å². The number of phenolic OH excluding ortho intramolecular Hbond substituents is 1. The monoisotopic (exact) mass is 573 g/mol. The molecular weight excluding hydrogens is 538 g/mol. The maximum absolute atomic E-state index is 13.9. The summed E-state index contributed by atoms with van der Waals surface area (Å²) in [6.45, 7) is 5.55. The lowest BCUT2D eigenvalue weighted by Crippen LogP contribution is -2.65. The summed E-state index contributed by atoms with van der Waals surface area (Å²) in [4.78, 5) is 43.0. The van der Waals surface area contributed by atoms with Crippen LogP contribution < -0.4 is 5.73 Å². The number of carbonyl (C=O) groups excluding carboxylic acids is 3. The number of rotatable bonds is 7. The van der Waals surface area contributed by atoms with Crippen molar-refractivity contribution >= 4 is 34.8 Å². The summed E-state index contributed by atoms with van der Waals surface area (Å²) in [5, 5.41) is 45.4. The van der Waals surface area contributed by atoms with E-state index in [0.29, 0.717) is 34.7 Å². The second-order valence-electron chi connectivity index (χ2n) is 11.8. The summed E-state index contributed by atoms with van der Waals surface area (Å²) in [7, 11) is 3.13. The van der Waals surface area contributed by atoms with Gasteiger partial charge >= 0.3 is 0 Å². The molecule has 0 aliphatic heterocycles. The van der Waals surface area contributed by atoms with E-state index in [1.165, 1.54) is 23.8 Å². The Morgan fingerprint density at radius 2 is 1.88 bits per heavy atom. The van der Waals surface area contributed by atoms with Crippen LogP contribution in [0, 0.1) is 17.8 Å². The Balaban J connectivity index is 1.62. The van der Waals surface area contributed by atoms with Crippen molar-refractivity contribution in [2.45, 2.75) is 63.8 Å². The highest BCUT2D eigenvalue weighted by atomic mass is 35.5. The van der Waals surface area contributed by atoms with Crippen LogP contribution in [-0.2, 0) is 27.3 Å². The zero-order valence-electron chi connectivity index (χ0n) is 23.1. The molecule has 1 aromatic carbocycles. The number of phenols is 1. The van der Waals surface area contributed by atoms with Crippen LogP contribution in [0.25, 0.3) is 5.76 Å². The normalized spacial score (nSPS) is 29.1. The number of fused-ring (bicyclic) bond motifs is 3. The van der Waals surface area contributed by atoms with Gasteiger partial charge in [0.1, 0.15) is 22.8 Å². The van der Waals surface area contributed by atoms with Gasteiger partial charge in [-0.1, -0.05) is 18.5 Å². The van der Waals surface area contributed by atoms with Gasteiger partial charge in [-0.25, -0.2) is 0 Å². The predicted octanol–water partition coefficient (Wildman–Crippen LogP) is 2.24. The fourth-order valence-corrected chi connectivity index (χ4v) is 7.39. The molecule has 4 aliphatic rings. The molecule has 216 valence electrons. The van der Waals surface area contributed by atoms with Gasteiger partial charge in [-0.05, 0) is 82.3 Å². The first-order valence-corrected chi connectivity index (χ1v) is 14.0. The predicted molar refractivity (Wildman–Crippen MR) is 148 cm³/mol. The van der Waals surface area contributed by atoms with Gasteiger partial charge in [0, 0.05) is 29.1 Å². The molecule has 0 bridgehead atoms. The summed E-state index contributed by atoms with van der Waals surface area (Å²) < 4.78 is 0. The molecule has 1 aromatic rings. The number of aromatic hydroxyl groups is 1. The molecule has 5 rings (SSSR count). The molecule has 0 aromatic heterocycles. The summed E-state index contributed by atoms with van der Waals surface area (Å²) in [6, 6.07) is 0.718. The van der Waals surface area contributed by atoms with Gasteiger partial charge in [-0.3, -0.25) is 24.2 Å². The molecule has 11 heteroatoms. The number of nitrogens with zero attached hydrogens (tertiary/aromatic N) is 2. The number of primary amides is 1. The number of benzene rings is 1. The molecule has 0 unspecified atom stereocenters. The van der Waals surface area contributed by atoms with Gasteiger partial charge in [-0.15, -0.1) is 0 Å². The lowest BCUT2D eigenvalue weighted by molar-refractivity contribution is -0.153. The van der Waals surface area contributed by atoms with Gasteiger partial charge in [-0.2, -0.15) is 0 Å². The van der Waals surface area contributed by atoms with Crippen LogP contribution in [0.15, 0.2) is 23.0 Å². The maximum atomic E-state index is 13.9. The molecule has 10 nitrogen and oxygen atoms in total. The highest BCUT2D eigenvalue weighted by Gasteiger charge is 2.64. The maximum Gasteiger partial charge on any atom is 0.255 e. The number of aliphatic hydroxyl groups is 3. The van der Waals surface area contributed by atoms with Crippen molar-refractivity contribution in [2.24, 2.45) is 23.5 Å². The number of Topliss-reactive ketones (excluding diaryl/α,β-unsaturated/α-hetero) is 2. The fraction of sp³-hybridized carbons (Fsp3) is 0.552. The minimum absolute atomic E-state index is 0.00308. The molecule has 0 heterocycles. The van der Waals surface area contributed by atoms with E-state index in [-0.39, 0.29) is 29.7 Å². The molecule has 4 aliphatic carbocycles. The standard InChI is InChI=1S/C29H36ClN3O7/c1-5-33(12(2)13-6-7-13)11-15-10-18(34)20-16(22(15)30)8-14-9-17-23(32(3)4)25(36)21(28(31)39)27(38)29(17,40)26(37)19(14)24(20)35/h10,12-14,17,23,34-35,38,40H,5-9,11H2,1-4H3,(H2,31,39)/t12-,14+,17+,23+,29+/m1/s1. The van der Waals surface area contributed by atoms with Crippen molar-refractivity contribution in [1.29, 1.82) is 0 Å². The summed E-state index contributed by atoms with van der Waals surface area (Å²) in [5.41, 5.74) is 2.86. The van der Waals surface area contributed by atoms with Crippen LogP contribution in [0.1, 0.15) is 49.8 Å². The lowest BCUT2D eigenvalue weighted by atomic mass is 9.57. The minimum atomic E-state index is -2.66. The highest BCUT2D eigenvalue weighted by Crippen LogP contribution is 2.53. The van der Waals surface area contributed by atoms with Gasteiger partial charge < -0.3 is 26.2 Å². The van der Waals surface area contributed by atoms with Gasteiger partial charge in [0.2, 0.25) is 5.78 Å². The van der Waals surface area contributed by atoms with E-state index in [1.54, 1.807) is 14.1 Å². The second kappa shape index (κ2) is 9.87. The number of halogens is 1. The quantitative estimate of drug-likeness (QED) is 0.308. The Kier molecular flexibility index (Phi) is 7.06. The molecule has 2 saturated carbocycles. The van der Waals surface area contributed by atoms with Crippen LogP contribution in [0.2, 0.25) is 5.02 Å². The van der Waals surface area contributed by atoms with Crippen LogP contribution >= 0.6 is 11.6 Å². The number of hydrogen-bond donors (Lipinski definition) is 5. The van der Waals surface area contributed by atoms with Crippen molar-refractivity contribution in [3.8, 4) is 5.75 Å². The largest absolute Gasteiger partial charge is 0.508 e. The third kappa shape index (κ3) is 4.07. The Labute approximate surface area is 237 Å². The molecule has 0 radical (unpaired) electrons. The molecule has 2 fully saturated rings. The Morgan fingerprint density at radius 1 is 1.23 bits per heavy atom. The molecular formula is C29H36ClN3O7. The fourth-order valence-electron chi connectivity index (χ4n) is 7.10. The third-order valence-electron chi connectivity index (χ3n) is 9.39. The number of hydrogen-bond acceptors (Lipinski definition) is 9. The van der Waals surface area contributed by atoms with E-state index in [4.69, 9.17) is 17.3 Å². The second-order valence-corrected chi connectivity index (χ2v) is 12.2. The number of carbonyl (C=O) groups is 3. The highest BCUT2D eigenvalue weighted by molar-refractivity contribution is 6.32. The number of nitrogens with two attached hydrogens (primary N) is 1. The summed E-state index contributed by atoms with van der Waals surface area (Å²) in [5.74, 6) is -6.15. The van der Waals surface area contributed by atoms with E-state index < -0.39 is 58.0 Å². The molecule has 40 heavy (non-hydrogen) atoms. The Hall–Kier alpha value is -2.92. The van der Waals surface area contributed by atoms with Crippen LogP contribution in [-0.4, -0.2) is 86.0 Å². The van der Waals surface area contributed by atoms with Crippen LogP contribution in [0.4, 0.5) is 0 Å². The molecule has 6 N–H and O–H groups in total. The van der Waals surface area contributed by atoms with E-state index in [1.807, 2.05) is 0 Å². The molecule has 0 spiro atoms. The van der Waals surface area contributed by atoms with E-state index in [2.05, 4.69) is 18.7 Å². The minimum Gasteiger partial charge on any atom is -0.508 e. The lowest BCUT2D eigenvalue weighted by Gasteiger charge is -2.50. The Morgan fingerprint density at radius 3 is 2.42 bits per heavy atom. The average molecular weight is 574 g/mol. The van der Waals surface area contributed by atoms with Gasteiger partial charge in [0.25, 0.3) is 5.91 Å². The number of likely N-dealkylation sites (N-methyl/N-ethyl adjacent to an activating group) is 1. The molecule has 5 atom stereocenters. The number of ketones is 2. The van der Waals surface area contributed by atoms with Crippen molar-refractivity contribution in [2.75, 3.05) is 20.6 Å². The first kappa shape index (κ1) is 28.6. The van der Waals surface area contributed by atoms with E-state index in [0.717, 1.165) is 6.54 Å². The number of aliphatic hydroxyl groups excluding tert-OH is 2. The van der Waals surface area contributed by atoms with Crippen molar-refractivity contribution in [3.63, 3.8) is 0 Å². The topological polar surface area (TPSA) is 165 Å². The zero-order chi connectivity index (χ0) is 29.4.